The SMILES string of the molecule is Cn1ncnc1CN1C(=O)CNC(C)(C)C1=O. The molecule has 1 aromatic heterocycles. The van der Waals surface area contributed by atoms with Crippen molar-refractivity contribution in [3.05, 3.63) is 12.2 Å². The highest BCUT2D eigenvalue weighted by Crippen LogP contribution is 2.15. The van der Waals surface area contributed by atoms with Crippen LogP contribution in [-0.2, 0) is 23.2 Å². The van der Waals surface area contributed by atoms with E-state index >= 15 is 0 Å². The van der Waals surface area contributed by atoms with Crippen LogP contribution in [0.1, 0.15) is 19.7 Å². The molecule has 2 rings (SSSR count). The molecule has 1 aromatic rings. The third-order valence-electron chi connectivity index (χ3n) is 2.87. The van der Waals surface area contributed by atoms with Crippen LogP contribution >= 0.6 is 0 Å². The van der Waals surface area contributed by atoms with E-state index in [2.05, 4.69) is 15.4 Å². The summed E-state index contributed by atoms with van der Waals surface area (Å²) in [6.07, 6.45) is 1.40. The molecule has 1 N–H and O–H groups in total. The molecule has 0 saturated carbocycles. The lowest BCUT2D eigenvalue weighted by molar-refractivity contribution is -0.153. The van der Waals surface area contributed by atoms with Gasteiger partial charge in [-0.1, -0.05) is 0 Å². The van der Waals surface area contributed by atoms with Gasteiger partial charge >= 0.3 is 0 Å². The Balaban J connectivity index is 2.22. The molecule has 1 aliphatic heterocycles. The van der Waals surface area contributed by atoms with Gasteiger partial charge in [-0.25, -0.2) is 4.98 Å². The molecule has 0 aromatic carbocycles. The Morgan fingerprint density at radius 3 is 2.76 bits per heavy atom. The highest BCUT2D eigenvalue weighted by molar-refractivity contribution is 6.02. The predicted molar refractivity (Wildman–Crippen MR) is 58.6 cm³/mol. The smallest absolute Gasteiger partial charge is 0.249 e. The second-order valence-electron chi connectivity index (χ2n) is 4.56. The van der Waals surface area contributed by atoms with Crippen LogP contribution < -0.4 is 5.32 Å². The minimum absolute atomic E-state index is 0.163. The van der Waals surface area contributed by atoms with Crippen molar-refractivity contribution in [3.8, 4) is 0 Å². The second kappa shape index (κ2) is 3.92. The van der Waals surface area contributed by atoms with Crippen LogP contribution in [0, 0.1) is 0 Å². The van der Waals surface area contributed by atoms with Crippen LogP contribution in [0.25, 0.3) is 0 Å². The monoisotopic (exact) mass is 237 g/mol. The zero-order valence-corrected chi connectivity index (χ0v) is 10.1. The lowest BCUT2D eigenvalue weighted by atomic mass is 10.0. The van der Waals surface area contributed by atoms with Crippen molar-refractivity contribution < 1.29 is 9.59 Å². The Morgan fingerprint density at radius 2 is 2.18 bits per heavy atom. The van der Waals surface area contributed by atoms with Gasteiger partial charge in [-0.05, 0) is 13.8 Å². The number of nitrogens with one attached hydrogen (secondary N) is 1. The van der Waals surface area contributed by atoms with E-state index in [-0.39, 0.29) is 24.9 Å². The number of nitrogens with zero attached hydrogens (tertiary/aromatic N) is 4. The maximum absolute atomic E-state index is 12.1. The Labute approximate surface area is 98.8 Å². The van der Waals surface area contributed by atoms with Crippen LogP contribution in [0.15, 0.2) is 6.33 Å². The minimum atomic E-state index is -0.716. The van der Waals surface area contributed by atoms with Gasteiger partial charge in [0.05, 0.1) is 18.6 Å². The largest absolute Gasteiger partial charge is 0.295 e. The Bertz CT molecular complexity index is 465. The van der Waals surface area contributed by atoms with Crippen molar-refractivity contribution in [2.75, 3.05) is 6.54 Å². The first-order chi connectivity index (χ1) is 7.92. The van der Waals surface area contributed by atoms with E-state index in [1.165, 1.54) is 11.2 Å². The van der Waals surface area contributed by atoms with Gasteiger partial charge in [0.2, 0.25) is 11.8 Å². The maximum atomic E-state index is 12.1. The molecule has 0 radical (unpaired) electrons. The van der Waals surface area contributed by atoms with Crippen molar-refractivity contribution in [3.63, 3.8) is 0 Å². The minimum Gasteiger partial charge on any atom is -0.295 e. The summed E-state index contributed by atoms with van der Waals surface area (Å²) >= 11 is 0. The number of hydrogen-bond acceptors (Lipinski definition) is 5. The molecule has 92 valence electrons. The van der Waals surface area contributed by atoms with Gasteiger partial charge in [-0.2, -0.15) is 5.10 Å². The molecule has 0 spiro atoms. The van der Waals surface area contributed by atoms with Gasteiger partial charge in [0.1, 0.15) is 12.2 Å². The number of amides is 2. The molecular weight excluding hydrogens is 222 g/mol. The van der Waals surface area contributed by atoms with E-state index in [0.717, 1.165) is 0 Å². The first kappa shape index (κ1) is 11.7. The van der Waals surface area contributed by atoms with Crippen molar-refractivity contribution in [1.82, 2.24) is 25.0 Å². The highest BCUT2D eigenvalue weighted by Gasteiger charge is 2.40. The molecule has 7 heteroatoms. The van der Waals surface area contributed by atoms with Gasteiger partial charge in [0.25, 0.3) is 0 Å². The Morgan fingerprint density at radius 1 is 1.47 bits per heavy atom. The fourth-order valence-corrected chi connectivity index (χ4v) is 1.68. The average molecular weight is 237 g/mol. The average Bonchev–Trinajstić information content (AvgIpc) is 2.66. The van der Waals surface area contributed by atoms with Gasteiger partial charge in [0, 0.05) is 7.05 Å². The fraction of sp³-hybridized carbons (Fsp3) is 0.600. The van der Waals surface area contributed by atoms with E-state index in [9.17, 15) is 9.59 Å². The lowest BCUT2D eigenvalue weighted by Crippen LogP contribution is -2.63. The van der Waals surface area contributed by atoms with Crippen molar-refractivity contribution in [1.29, 1.82) is 0 Å². The zero-order chi connectivity index (χ0) is 12.6. The molecule has 1 aliphatic rings. The van der Waals surface area contributed by atoms with Crippen molar-refractivity contribution in [2.24, 2.45) is 7.05 Å². The topological polar surface area (TPSA) is 80.1 Å². The summed E-state index contributed by atoms with van der Waals surface area (Å²) in [6, 6.07) is 0. The summed E-state index contributed by atoms with van der Waals surface area (Å²) in [5.41, 5.74) is -0.716. The molecule has 0 atom stereocenters. The number of hydrogen-bond donors (Lipinski definition) is 1. The number of carbonyl (C=O) groups excluding carboxylic acids is 2. The fourth-order valence-electron chi connectivity index (χ4n) is 1.68. The van der Waals surface area contributed by atoms with Crippen LogP contribution in [0.2, 0.25) is 0 Å². The molecule has 2 amide bonds. The van der Waals surface area contributed by atoms with Crippen LogP contribution in [0.3, 0.4) is 0 Å². The second-order valence-corrected chi connectivity index (χ2v) is 4.56. The van der Waals surface area contributed by atoms with E-state index < -0.39 is 5.54 Å². The number of aryl methyl sites for hydroxylation is 1. The maximum Gasteiger partial charge on any atom is 0.249 e. The quantitative estimate of drug-likeness (QED) is 0.671. The van der Waals surface area contributed by atoms with Gasteiger partial charge < -0.3 is 0 Å². The number of rotatable bonds is 2. The lowest BCUT2D eigenvalue weighted by Gasteiger charge is -2.36. The first-order valence-electron chi connectivity index (χ1n) is 5.34. The first-order valence-corrected chi connectivity index (χ1v) is 5.34. The van der Waals surface area contributed by atoms with Crippen LogP contribution in [0.4, 0.5) is 0 Å². The Kier molecular flexibility index (Phi) is 2.70. The van der Waals surface area contributed by atoms with Gasteiger partial charge in [-0.3, -0.25) is 24.5 Å². The molecule has 1 fully saturated rings. The molecule has 7 nitrogen and oxygen atoms in total. The van der Waals surface area contributed by atoms with Crippen molar-refractivity contribution in [2.45, 2.75) is 25.9 Å². The van der Waals surface area contributed by atoms with E-state index in [4.69, 9.17) is 0 Å². The molecule has 0 unspecified atom stereocenters. The number of imide groups is 1. The third-order valence-corrected chi connectivity index (χ3v) is 2.87. The van der Waals surface area contributed by atoms with Gasteiger partial charge in [-0.15, -0.1) is 0 Å². The van der Waals surface area contributed by atoms with E-state index in [1.807, 2.05) is 0 Å². The molecule has 0 bridgehead atoms. The molecule has 1 saturated heterocycles. The third kappa shape index (κ3) is 2.05. The standard InChI is InChI=1S/C10H15N5O2/c1-10(2)9(17)15(8(16)4-12-10)5-7-11-6-13-14(7)3/h6,12H,4-5H2,1-3H3. The van der Waals surface area contributed by atoms with Crippen LogP contribution in [0.5, 0.6) is 0 Å². The predicted octanol–water partition coefficient (Wildman–Crippen LogP) is -0.948. The summed E-state index contributed by atoms with van der Waals surface area (Å²) in [7, 11) is 1.73. The highest BCUT2D eigenvalue weighted by atomic mass is 16.2. The summed E-state index contributed by atoms with van der Waals surface area (Å²) < 4.78 is 1.55. The van der Waals surface area contributed by atoms with E-state index in [1.54, 1.807) is 25.6 Å². The van der Waals surface area contributed by atoms with Crippen LogP contribution in [-0.4, -0.2) is 43.6 Å². The zero-order valence-electron chi connectivity index (χ0n) is 10.1. The molecule has 0 aliphatic carbocycles. The Hall–Kier alpha value is -1.76. The number of piperazine rings is 1. The van der Waals surface area contributed by atoms with E-state index in [0.29, 0.717) is 5.82 Å². The molecule has 2 heterocycles. The molecule has 17 heavy (non-hydrogen) atoms. The molecular formula is C10H15N5O2. The summed E-state index contributed by atoms with van der Waals surface area (Å²) in [5.74, 6) is 0.110. The summed E-state index contributed by atoms with van der Waals surface area (Å²) in [6.45, 7) is 3.84. The summed E-state index contributed by atoms with van der Waals surface area (Å²) in [5, 5.41) is 6.81. The summed E-state index contributed by atoms with van der Waals surface area (Å²) in [4.78, 5) is 29.0. The van der Waals surface area contributed by atoms with Crippen molar-refractivity contribution >= 4 is 11.8 Å². The number of aromatic nitrogens is 3. The van der Waals surface area contributed by atoms with Gasteiger partial charge in [0.15, 0.2) is 0 Å². The normalized spacial score (nSPS) is 19.8. The number of carbonyl (C=O) groups is 2.